The van der Waals surface area contributed by atoms with Crippen LogP contribution in [0.15, 0.2) is 134 Å². The van der Waals surface area contributed by atoms with Gasteiger partial charge in [-0.3, -0.25) is 0 Å². The van der Waals surface area contributed by atoms with Gasteiger partial charge >= 0.3 is 0 Å². The summed E-state index contributed by atoms with van der Waals surface area (Å²) in [5.41, 5.74) is 5.89. The van der Waals surface area contributed by atoms with Crippen LogP contribution in [-0.2, 0) is 0 Å². The molecule has 0 spiro atoms. The Kier molecular flexibility index (Phi) is 4.41. The Morgan fingerprint density at radius 2 is 1.03 bits per heavy atom. The van der Waals surface area contributed by atoms with E-state index in [0.717, 1.165) is 21.8 Å². The molecule has 1 aromatic heterocycles. The smallest absolute Gasteiger partial charge is 0.0619 e. The maximum Gasteiger partial charge on any atom is 0.0619 e. The van der Waals surface area contributed by atoms with E-state index >= 15 is 0 Å². The van der Waals surface area contributed by atoms with Crippen molar-refractivity contribution in [1.29, 1.82) is 0 Å². The van der Waals surface area contributed by atoms with Crippen LogP contribution in [0.2, 0.25) is 0 Å². The molecular weight excluding hydrogens is 460 g/mol. The first-order valence-electron chi connectivity index (χ1n) is 13.0. The number of fused-ring (bicyclic) bond motifs is 8. The van der Waals surface area contributed by atoms with Gasteiger partial charge in [0.15, 0.2) is 0 Å². The topological polar surface area (TPSA) is 9.34 Å². The van der Waals surface area contributed by atoms with Gasteiger partial charge in [0, 0.05) is 38.8 Å². The molecule has 0 saturated carbocycles. The van der Waals surface area contributed by atoms with Crippen LogP contribution >= 0.6 is 0 Å². The van der Waals surface area contributed by atoms with Gasteiger partial charge in [-0.1, -0.05) is 97.6 Å². The van der Waals surface area contributed by atoms with Crippen LogP contribution in [0.1, 0.15) is 0 Å². The lowest BCUT2D eigenvalue weighted by molar-refractivity contribution is 1.11. The van der Waals surface area contributed by atoms with E-state index in [1.54, 1.807) is 0 Å². The Morgan fingerprint density at radius 3 is 1.82 bits per heavy atom. The van der Waals surface area contributed by atoms with Crippen molar-refractivity contribution in [2.24, 2.45) is 0 Å². The number of hydrogen-bond acceptors (Lipinski definition) is 0. The molecule has 2 aliphatic heterocycles. The van der Waals surface area contributed by atoms with Crippen molar-refractivity contribution in [2.75, 3.05) is 0 Å². The predicted molar refractivity (Wildman–Crippen MR) is 160 cm³/mol. The fraction of sp³-hybridized carbons (Fsp3) is 0. The van der Waals surface area contributed by atoms with E-state index in [9.17, 15) is 0 Å². The monoisotopic (exact) mass is 484 g/mol. The highest BCUT2D eigenvalue weighted by atomic mass is 14.9. The zero-order valence-corrected chi connectivity index (χ0v) is 20.8. The summed E-state index contributed by atoms with van der Waals surface area (Å²) in [6.45, 7) is 4.76. The minimum atomic E-state index is 1.03. The number of rotatable bonds is 1. The Labute approximate surface area is 219 Å². The minimum Gasteiger partial charge on any atom is -0.317 e. The van der Waals surface area contributed by atoms with Crippen molar-refractivity contribution in [3.05, 3.63) is 149 Å². The van der Waals surface area contributed by atoms with Crippen LogP contribution in [0.25, 0.3) is 61.3 Å². The molecule has 0 radical (unpaired) electrons. The molecule has 38 heavy (non-hydrogen) atoms. The average molecular weight is 485 g/mol. The van der Waals surface area contributed by atoms with Gasteiger partial charge < -0.3 is 8.97 Å². The van der Waals surface area contributed by atoms with Crippen LogP contribution in [-0.4, -0.2) is 8.97 Å². The second kappa shape index (κ2) is 7.96. The third-order valence-electron chi connectivity index (χ3n) is 7.88. The van der Waals surface area contributed by atoms with Gasteiger partial charge in [0.1, 0.15) is 0 Å². The fourth-order valence-electron chi connectivity index (χ4n) is 6.26. The van der Waals surface area contributed by atoms with Crippen molar-refractivity contribution in [3.8, 4) is 5.69 Å². The van der Waals surface area contributed by atoms with E-state index in [1.807, 2.05) is 0 Å². The maximum atomic E-state index is 4.76. The van der Waals surface area contributed by atoms with E-state index in [0.29, 0.717) is 0 Å². The Balaban J connectivity index is 1.79. The van der Waals surface area contributed by atoms with E-state index in [2.05, 4.69) is 143 Å². The first kappa shape index (κ1) is 21.0. The summed E-state index contributed by atoms with van der Waals surface area (Å²) in [6, 6.07) is 45.6. The fourth-order valence-corrected chi connectivity index (χ4v) is 6.26. The SMILES string of the molecule is C=c1c2c3ccccc3n3c4ccccc4c4cccc(c=2ccn(-c2ccccc2)c2ccccc12)c43. The molecular formula is C36H24N2. The van der Waals surface area contributed by atoms with Crippen LogP contribution in [0.5, 0.6) is 0 Å². The third-order valence-corrected chi connectivity index (χ3v) is 7.88. The molecule has 0 aliphatic carbocycles. The van der Waals surface area contributed by atoms with E-state index in [1.165, 1.54) is 48.5 Å². The van der Waals surface area contributed by atoms with Gasteiger partial charge in [-0.25, -0.2) is 0 Å². The molecule has 8 rings (SSSR count). The molecule has 6 aromatic rings. The van der Waals surface area contributed by atoms with Crippen LogP contribution < -0.4 is 5.22 Å². The van der Waals surface area contributed by atoms with Crippen LogP contribution in [0, 0.1) is 10.4 Å². The third kappa shape index (κ3) is 2.83. The number of aromatic nitrogens is 2. The van der Waals surface area contributed by atoms with Crippen molar-refractivity contribution >= 4 is 55.6 Å². The summed E-state index contributed by atoms with van der Waals surface area (Å²) in [6.07, 6.45) is 2.22. The normalized spacial score (nSPS) is 11.8. The number of para-hydroxylation sites is 5. The number of benzene rings is 5. The molecule has 0 unspecified atom stereocenters. The summed E-state index contributed by atoms with van der Waals surface area (Å²) in [5, 5.41) is 9.47. The lowest BCUT2D eigenvalue weighted by Gasteiger charge is -2.10. The van der Waals surface area contributed by atoms with Crippen molar-refractivity contribution < 1.29 is 0 Å². The summed E-state index contributed by atoms with van der Waals surface area (Å²) in [7, 11) is 0. The van der Waals surface area contributed by atoms with E-state index < -0.39 is 0 Å². The highest BCUT2D eigenvalue weighted by Crippen LogP contribution is 2.34. The molecule has 2 aliphatic rings. The van der Waals surface area contributed by atoms with Crippen LogP contribution in [0.3, 0.4) is 0 Å². The number of nitrogens with zero attached hydrogens (tertiary/aromatic N) is 2. The molecule has 0 saturated heterocycles. The molecule has 2 nitrogen and oxygen atoms in total. The lowest BCUT2D eigenvalue weighted by Crippen LogP contribution is -2.06. The maximum absolute atomic E-state index is 4.76. The van der Waals surface area contributed by atoms with Gasteiger partial charge in [-0.15, -0.1) is 0 Å². The summed E-state index contributed by atoms with van der Waals surface area (Å²) < 4.78 is 4.72. The van der Waals surface area contributed by atoms with Gasteiger partial charge in [-0.05, 0) is 52.1 Å². The largest absolute Gasteiger partial charge is 0.317 e. The summed E-state index contributed by atoms with van der Waals surface area (Å²) >= 11 is 0. The van der Waals surface area contributed by atoms with Gasteiger partial charge in [-0.2, -0.15) is 0 Å². The Hall–Kier alpha value is -5.08. The van der Waals surface area contributed by atoms with Gasteiger partial charge in [0.25, 0.3) is 0 Å². The van der Waals surface area contributed by atoms with Crippen LogP contribution in [0.4, 0.5) is 0 Å². The van der Waals surface area contributed by atoms with E-state index in [4.69, 9.17) is 6.58 Å². The molecule has 0 amide bonds. The molecule has 0 atom stereocenters. The summed E-state index contributed by atoms with van der Waals surface area (Å²) in [5.74, 6) is 0. The molecule has 0 fully saturated rings. The van der Waals surface area contributed by atoms with Crippen molar-refractivity contribution in [1.82, 2.24) is 8.97 Å². The minimum absolute atomic E-state index is 1.03. The molecule has 0 N–H and O–H groups in total. The average Bonchev–Trinajstić information content (AvgIpc) is 3.25. The Bertz CT molecular complexity index is 2360. The van der Waals surface area contributed by atoms with Gasteiger partial charge in [0.2, 0.25) is 0 Å². The predicted octanol–water partition coefficient (Wildman–Crippen LogP) is 8.32. The molecule has 5 aromatic carbocycles. The highest BCUT2D eigenvalue weighted by molar-refractivity contribution is 6.15. The molecule has 0 bridgehead atoms. The van der Waals surface area contributed by atoms with Crippen molar-refractivity contribution in [3.63, 3.8) is 0 Å². The highest BCUT2D eigenvalue weighted by Gasteiger charge is 2.14. The van der Waals surface area contributed by atoms with E-state index in [-0.39, 0.29) is 0 Å². The quantitative estimate of drug-likeness (QED) is 0.222. The number of hydrogen-bond donors (Lipinski definition) is 0. The molecule has 3 heterocycles. The second-order valence-electron chi connectivity index (χ2n) is 9.88. The molecule has 2 heteroatoms. The Morgan fingerprint density at radius 1 is 0.447 bits per heavy atom. The zero-order valence-electron chi connectivity index (χ0n) is 20.8. The zero-order chi connectivity index (χ0) is 25.2. The summed E-state index contributed by atoms with van der Waals surface area (Å²) in [4.78, 5) is 0. The standard InChI is InChI=1S/C36H24N2/c1-24-26-14-5-8-19-32(26)37(25-12-3-2-4-13-25)23-22-28-30-18-11-17-29-27-15-6-9-20-33(27)38(36(29)30)34-21-10-7-16-31(34)35(24)28/h2-23H,1H2. The lowest BCUT2D eigenvalue weighted by atomic mass is 10.0. The second-order valence-corrected chi connectivity index (χ2v) is 9.88. The van der Waals surface area contributed by atoms with Crippen molar-refractivity contribution in [2.45, 2.75) is 0 Å². The first-order chi connectivity index (χ1) is 18.8. The first-order valence-corrected chi connectivity index (χ1v) is 13.0. The van der Waals surface area contributed by atoms with Gasteiger partial charge in [0.05, 0.1) is 22.1 Å². The molecule has 178 valence electrons.